The lowest BCUT2D eigenvalue weighted by atomic mass is 10.0. The maximum absolute atomic E-state index is 8.90. The second-order valence-electron chi connectivity index (χ2n) is 4.18. The topological polar surface area (TPSA) is 23.8 Å². The van der Waals surface area contributed by atoms with Crippen molar-refractivity contribution in [2.45, 2.75) is 13.3 Å². The Morgan fingerprint density at radius 2 is 2.00 bits per heavy atom. The third-order valence-corrected chi connectivity index (χ3v) is 4.38. The third-order valence-electron chi connectivity index (χ3n) is 3.08. The molecule has 0 atom stereocenters. The van der Waals surface area contributed by atoms with Crippen molar-refractivity contribution >= 4 is 31.5 Å². The highest BCUT2D eigenvalue weighted by molar-refractivity contribution is 7.26. The maximum Gasteiger partial charge on any atom is 0.0669 e. The number of hydrogen-bond donors (Lipinski definition) is 0. The molecule has 0 spiro atoms. The molecule has 0 fully saturated rings. The molecule has 1 aromatic heterocycles. The van der Waals surface area contributed by atoms with E-state index in [-0.39, 0.29) is 0 Å². The summed E-state index contributed by atoms with van der Waals surface area (Å²) in [5.41, 5.74) is 2.45. The summed E-state index contributed by atoms with van der Waals surface area (Å²) in [7, 11) is 0. The minimum absolute atomic E-state index is 0.483. The van der Waals surface area contributed by atoms with Crippen LogP contribution in [0.4, 0.5) is 0 Å². The molecule has 2 aromatic carbocycles. The van der Waals surface area contributed by atoms with E-state index >= 15 is 0 Å². The van der Waals surface area contributed by atoms with Gasteiger partial charge in [0, 0.05) is 20.2 Å². The van der Waals surface area contributed by atoms with Crippen molar-refractivity contribution in [2.75, 3.05) is 0 Å². The van der Waals surface area contributed by atoms with Crippen LogP contribution in [0.1, 0.15) is 11.1 Å². The maximum atomic E-state index is 8.90. The number of rotatable bonds is 1. The summed E-state index contributed by atoms with van der Waals surface area (Å²) in [6.45, 7) is 2.14. The Hall–Kier alpha value is -1.85. The van der Waals surface area contributed by atoms with Gasteiger partial charge in [0.05, 0.1) is 12.5 Å². The summed E-state index contributed by atoms with van der Waals surface area (Å²) in [5.74, 6) is 0. The largest absolute Gasteiger partial charge is 0.198 e. The second-order valence-corrected chi connectivity index (χ2v) is 5.23. The van der Waals surface area contributed by atoms with Crippen molar-refractivity contribution in [1.82, 2.24) is 0 Å². The Morgan fingerprint density at radius 1 is 1.18 bits per heavy atom. The Balaban J connectivity index is 2.50. The first-order valence-corrected chi connectivity index (χ1v) is 6.39. The van der Waals surface area contributed by atoms with E-state index in [0.717, 1.165) is 5.56 Å². The fraction of sp³-hybridized carbons (Fsp3) is 0.133. The van der Waals surface area contributed by atoms with Gasteiger partial charge in [-0.15, -0.1) is 11.3 Å². The number of nitriles is 1. The summed E-state index contributed by atoms with van der Waals surface area (Å²) in [4.78, 5) is 0. The van der Waals surface area contributed by atoms with Gasteiger partial charge in [-0.3, -0.25) is 0 Å². The summed E-state index contributed by atoms with van der Waals surface area (Å²) >= 11 is 1.82. The highest BCUT2D eigenvalue weighted by atomic mass is 32.1. The van der Waals surface area contributed by atoms with Crippen molar-refractivity contribution in [1.29, 1.82) is 5.26 Å². The second kappa shape index (κ2) is 3.87. The highest BCUT2D eigenvalue weighted by Gasteiger charge is 2.09. The summed E-state index contributed by atoms with van der Waals surface area (Å²) in [5, 5.41) is 11.4. The van der Waals surface area contributed by atoms with E-state index in [9.17, 15) is 0 Å². The van der Waals surface area contributed by atoms with Crippen molar-refractivity contribution in [3.63, 3.8) is 0 Å². The number of benzene rings is 2. The Bertz CT molecular complexity index is 747. The quantitative estimate of drug-likeness (QED) is 0.614. The number of fused-ring (bicyclic) bond motifs is 3. The monoisotopic (exact) mass is 237 g/mol. The molecule has 0 aliphatic heterocycles. The van der Waals surface area contributed by atoms with Gasteiger partial charge in [-0.25, -0.2) is 0 Å². The van der Waals surface area contributed by atoms with Crippen molar-refractivity contribution in [3.05, 3.63) is 47.5 Å². The first-order valence-electron chi connectivity index (χ1n) is 5.58. The molecule has 17 heavy (non-hydrogen) atoms. The molecule has 3 rings (SSSR count). The molecular weight excluding hydrogens is 226 g/mol. The molecule has 0 radical (unpaired) electrons. The molecule has 0 N–H and O–H groups in total. The molecule has 1 heterocycles. The van der Waals surface area contributed by atoms with Gasteiger partial charge in [0.2, 0.25) is 0 Å². The van der Waals surface area contributed by atoms with Gasteiger partial charge >= 0.3 is 0 Å². The van der Waals surface area contributed by atoms with Crippen LogP contribution in [-0.4, -0.2) is 0 Å². The van der Waals surface area contributed by atoms with Crippen LogP contribution in [0.25, 0.3) is 20.2 Å². The number of aryl methyl sites for hydroxylation is 1. The summed E-state index contributed by atoms with van der Waals surface area (Å²) < 4.78 is 2.62. The van der Waals surface area contributed by atoms with E-state index in [4.69, 9.17) is 5.26 Å². The molecule has 0 bridgehead atoms. The van der Waals surface area contributed by atoms with Crippen LogP contribution < -0.4 is 0 Å². The van der Waals surface area contributed by atoms with Gasteiger partial charge in [0.1, 0.15) is 0 Å². The van der Waals surface area contributed by atoms with E-state index in [2.05, 4.69) is 43.3 Å². The predicted molar refractivity (Wildman–Crippen MR) is 73.4 cm³/mol. The van der Waals surface area contributed by atoms with E-state index in [1.165, 1.54) is 25.7 Å². The molecule has 2 heteroatoms. The standard InChI is InChI=1S/C15H11NS/c1-10-4-2-6-12-14-11(8-9-16)5-3-7-13(14)17-15(10)12/h2-7H,8H2,1H3. The van der Waals surface area contributed by atoms with Gasteiger partial charge in [-0.05, 0) is 24.1 Å². The van der Waals surface area contributed by atoms with Crippen molar-refractivity contribution < 1.29 is 0 Å². The molecule has 0 unspecified atom stereocenters. The molecule has 0 saturated heterocycles. The van der Waals surface area contributed by atoms with Gasteiger partial charge < -0.3 is 0 Å². The van der Waals surface area contributed by atoms with Gasteiger partial charge in [-0.1, -0.05) is 30.3 Å². The molecule has 0 aliphatic rings. The first-order chi connectivity index (χ1) is 8.31. The Labute approximate surface area is 104 Å². The Morgan fingerprint density at radius 3 is 2.82 bits per heavy atom. The van der Waals surface area contributed by atoms with E-state index < -0.39 is 0 Å². The highest BCUT2D eigenvalue weighted by Crippen LogP contribution is 2.37. The lowest BCUT2D eigenvalue weighted by molar-refractivity contribution is 1.29. The normalized spacial score (nSPS) is 10.8. The fourth-order valence-electron chi connectivity index (χ4n) is 2.29. The van der Waals surface area contributed by atoms with Crippen molar-refractivity contribution in [2.24, 2.45) is 0 Å². The minimum atomic E-state index is 0.483. The van der Waals surface area contributed by atoms with E-state index in [0.29, 0.717) is 6.42 Å². The number of hydrogen-bond acceptors (Lipinski definition) is 2. The van der Waals surface area contributed by atoms with Crippen LogP contribution in [0.15, 0.2) is 36.4 Å². The van der Waals surface area contributed by atoms with Crippen LogP contribution in [0.3, 0.4) is 0 Å². The minimum Gasteiger partial charge on any atom is -0.198 e. The fourth-order valence-corrected chi connectivity index (χ4v) is 3.51. The molecule has 82 valence electrons. The summed E-state index contributed by atoms with van der Waals surface area (Å²) in [6, 6.07) is 14.9. The molecular formula is C15H11NS. The number of nitrogens with zero attached hydrogens (tertiary/aromatic N) is 1. The zero-order chi connectivity index (χ0) is 11.8. The number of thiophene rings is 1. The molecule has 0 aliphatic carbocycles. The van der Waals surface area contributed by atoms with Crippen LogP contribution >= 0.6 is 11.3 Å². The SMILES string of the molecule is Cc1cccc2c1sc1cccc(CC#N)c12. The zero-order valence-electron chi connectivity index (χ0n) is 9.53. The predicted octanol–water partition coefficient (Wildman–Crippen LogP) is 4.43. The molecule has 0 amide bonds. The van der Waals surface area contributed by atoms with E-state index in [1.807, 2.05) is 17.4 Å². The lowest BCUT2D eigenvalue weighted by Crippen LogP contribution is -1.82. The summed E-state index contributed by atoms with van der Waals surface area (Å²) in [6.07, 6.45) is 0.483. The Kier molecular flexibility index (Phi) is 2.35. The van der Waals surface area contributed by atoms with Crippen LogP contribution in [-0.2, 0) is 6.42 Å². The van der Waals surface area contributed by atoms with Crippen molar-refractivity contribution in [3.8, 4) is 6.07 Å². The van der Waals surface area contributed by atoms with Crippen LogP contribution in [0.5, 0.6) is 0 Å². The van der Waals surface area contributed by atoms with Gasteiger partial charge in [0.15, 0.2) is 0 Å². The van der Waals surface area contributed by atoms with Crippen LogP contribution in [0, 0.1) is 18.3 Å². The first kappa shape index (κ1) is 10.3. The van der Waals surface area contributed by atoms with E-state index in [1.54, 1.807) is 0 Å². The average Bonchev–Trinajstić information content (AvgIpc) is 2.71. The molecule has 0 saturated carbocycles. The lowest BCUT2D eigenvalue weighted by Gasteiger charge is -1.99. The van der Waals surface area contributed by atoms with Gasteiger partial charge in [0.25, 0.3) is 0 Å². The van der Waals surface area contributed by atoms with Gasteiger partial charge in [-0.2, -0.15) is 5.26 Å². The van der Waals surface area contributed by atoms with Crippen LogP contribution in [0.2, 0.25) is 0 Å². The zero-order valence-corrected chi connectivity index (χ0v) is 10.3. The molecule has 3 aromatic rings. The average molecular weight is 237 g/mol. The smallest absolute Gasteiger partial charge is 0.0669 e. The third kappa shape index (κ3) is 1.51. The molecule has 1 nitrogen and oxygen atoms in total.